The van der Waals surface area contributed by atoms with E-state index in [4.69, 9.17) is 0 Å². The highest BCUT2D eigenvalue weighted by Gasteiger charge is 2.18. The zero-order valence-corrected chi connectivity index (χ0v) is 14.6. The molecule has 0 atom stereocenters. The van der Waals surface area contributed by atoms with Crippen LogP contribution < -0.4 is 15.4 Å². The van der Waals surface area contributed by atoms with Gasteiger partial charge in [0, 0.05) is 18.2 Å². The summed E-state index contributed by atoms with van der Waals surface area (Å²) in [7, 11) is 1.11. The van der Waals surface area contributed by atoms with Crippen molar-refractivity contribution in [2.24, 2.45) is 0 Å². The summed E-state index contributed by atoms with van der Waals surface area (Å²) < 4.78 is 61.5. The molecule has 146 valence electrons. The molecule has 6 nitrogen and oxygen atoms in total. The van der Waals surface area contributed by atoms with E-state index in [0.717, 1.165) is 19.2 Å². The summed E-state index contributed by atoms with van der Waals surface area (Å²) in [5.41, 5.74) is -0.234. The second-order valence-electron chi connectivity index (χ2n) is 5.67. The average Bonchev–Trinajstić information content (AvgIpc) is 2.58. The number of carbonyl (C=O) groups excluding carboxylic acids is 1. The Kier molecular flexibility index (Phi) is 6.43. The first kappa shape index (κ1) is 20.3. The van der Waals surface area contributed by atoms with Crippen LogP contribution in [0.4, 0.5) is 34.6 Å². The molecule has 1 heterocycles. The third-order valence-electron chi connectivity index (χ3n) is 3.27. The number of pyridine rings is 1. The predicted molar refractivity (Wildman–Crippen MR) is 90.6 cm³/mol. The second kappa shape index (κ2) is 8.56. The van der Waals surface area contributed by atoms with Gasteiger partial charge in [-0.3, -0.25) is 0 Å². The Bertz CT molecular complexity index is 831. The van der Waals surface area contributed by atoms with Gasteiger partial charge in [0.25, 0.3) is 0 Å². The van der Waals surface area contributed by atoms with Crippen LogP contribution in [0.15, 0.2) is 24.4 Å². The van der Waals surface area contributed by atoms with Crippen LogP contribution in [0.3, 0.4) is 0 Å². The van der Waals surface area contributed by atoms with E-state index in [9.17, 15) is 22.4 Å². The smallest absolute Gasteiger partial charge is 0.388 e. The molecule has 0 unspecified atom stereocenters. The molecule has 2 rings (SSSR count). The van der Waals surface area contributed by atoms with E-state index < -0.39 is 30.1 Å². The van der Waals surface area contributed by atoms with Gasteiger partial charge in [-0.2, -0.15) is 8.78 Å². The van der Waals surface area contributed by atoms with Crippen molar-refractivity contribution in [3.63, 3.8) is 0 Å². The Morgan fingerprint density at radius 2 is 1.78 bits per heavy atom. The van der Waals surface area contributed by atoms with Gasteiger partial charge in [0.15, 0.2) is 5.82 Å². The van der Waals surface area contributed by atoms with Crippen molar-refractivity contribution < 1.29 is 31.8 Å². The Morgan fingerprint density at radius 3 is 2.37 bits per heavy atom. The van der Waals surface area contributed by atoms with E-state index >= 15 is 0 Å². The van der Waals surface area contributed by atoms with Crippen molar-refractivity contribution in [1.82, 2.24) is 4.98 Å². The van der Waals surface area contributed by atoms with Crippen LogP contribution in [-0.4, -0.2) is 30.7 Å². The fraction of sp³-hybridized carbons (Fsp3) is 0.294. The first-order chi connectivity index (χ1) is 12.7. The number of rotatable bonds is 7. The molecule has 10 heteroatoms. The summed E-state index contributed by atoms with van der Waals surface area (Å²) in [6.45, 7) is 0.463. The van der Waals surface area contributed by atoms with Crippen LogP contribution in [0.25, 0.3) is 0 Å². The summed E-state index contributed by atoms with van der Waals surface area (Å²) in [4.78, 5) is 15.1. The highest BCUT2D eigenvalue weighted by Crippen LogP contribution is 2.32. The number of alkyl halides is 2. The summed E-state index contributed by atoms with van der Waals surface area (Å²) in [5.74, 6) is -3.17. The molecule has 0 saturated heterocycles. The third-order valence-corrected chi connectivity index (χ3v) is 3.27. The Labute approximate surface area is 152 Å². The van der Waals surface area contributed by atoms with E-state index in [-0.39, 0.29) is 28.7 Å². The number of hydrogen-bond acceptors (Lipinski definition) is 6. The van der Waals surface area contributed by atoms with E-state index in [0.29, 0.717) is 6.20 Å². The van der Waals surface area contributed by atoms with Crippen molar-refractivity contribution in [2.45, 2.75) is 26.5 Å². The van der Waals surface area contributed by atoms with Crippen molar-refractivity contribution in [1.29, 1.82) is 0 Å². The van der Waals surface area contributed by atoms with E-state index in [1.165, 1.54) is 6.07 Å². The number of esters is 1. The Hall–Kier alpha value is -3.04. The molecule has 2 N–H and O–H groups in total. The molecule has 0 radical (unpaired) electrons. The van der Waals surface area contributed by atoms with Gasteiger partial charge in [0.1, 0.15) is 5.82 Å². The molecule has 0 fully saturated rings. The lowest BCUT2D eigenvalue weighted by molar-refractivity contribution is -0.0528. The Morgan fingerprint density at radius 1 is 1.07 bits per heavy atom. The zero-order chi connectivity index (χ0) is 20.1. The summed E-state index contributed by atoms with van der Waals surface area (Å²) in [6, 6.07) is 2.97. The molecule has 0 amide bonds. The predicted octanol–water partition coefficient (Wildman–Crippen LogP) is 4.31. The monoisotopic (exact) mass is 387 g/mol. The van der Waals surface area contributed by atoms with Crippen LogP contribution in [0.1, 0.15) is 24.2 Å². The number of nitrogens with zero attached hydrogens (tertiary/aromatic N) is 1. The average molecular weight is 387 g/mol. The van der Waals surface area contributed by atoms with Gasteiger partial charge in [0.05, 0.1) is 35.9 Å². The SMILES string of the molecule is COC(=O)c1cc(NC(C)C)c(Nc2cc(OC(F)F)ncc2F)cc1F. The van der Waals surface area contributed by atoms with Crippen molar-refractivity contribution >= 4 is 23.0 Å². The topological polar surface area (TPSA) is 72.5 Å². The molecule has 0 spiro atoms. The number of ether oxygens (including phenoxy) is 2. The maximum atomic E-state index is 14.3. The number of methoxy groups -OCH3 is 1. The van der Waals surface area contributed by atoms with Crippen molar-refractivity contribution in [3.05, 3.63) is 41.6 Å². The largest absolute Gasteiger partial charge is 0.465 e. The standard InChI is InChI=1S/C17H17F4N3O3/c1-8(2)23-13-4-9(16(25)26-3)10(18)5-14(13)24-12-6-15(27-17(20)21)22-7-11(12)19/h4-8,17,23H,1-3H3,(H,22,24). The van der Waals surface area contributed by atoms with Gasteiger partial charge < -0.3 is 20.1 Å². The van der Waals surface area contributed by atoms with Gasteiger partial charge in [-0.15, -0.1) is 0 Å². The number of hydrogen-bond donors (Lipinski definition) is 2. The molecule has 1 aromatic heterocycles. The summed E-state index contributed by atoms with van der Waals surface area (Å²) >= 11 is 0. The molecule has 0 aliphatic carbocycles. The van der Waals surface area contributed by atoms with Gasteiger partial charge in [-0.25, -0.2) is 18.6 Å². The molecule has 2 aromatic rings. The lowest BCUT2D eigenvalue weighted by Gasteiger charge is -2.18. The minimum absolute atomic E-state index is 0.0713. The van der Waals surface area contributed by atoms with Crippen LogP contribution in [-0.2, 0) is 4.74 Å². The van der Waals surface area contributed by atoms with Gasteiger partial charge >= 0.3 is 12.6 Å². The summed E-state index contributed by atoms with van der Waals surface area (Å²) in [6.07, 6.45) is 0.689. The van der Waals surface area contributed by atoms with Gasteiger partial charge in [0.2, 0.25) is 5.88 Å². The number of carbonyl (C=O) groups is 1. The molecule has 1 aromatic carbocycles. The molecule has 0 aliphatic heterocycles. The zero-order valence-electron chi connectivity index (χ0n) is 14.6. The third kappa shape index (κ3) is 5.22. The maximum absolute atomic E-state index is 14.3. The number of benzene rings is 1. The van der Waals surface area contributed by atoms with E-state index in [2.05, 4.69) is 25.1 Å². The number of aromatic nitrogens is 1. The molecule has 0 aliphatic rings. The lowest BCUT2D eigenvalue weighted by atomic mass is 10.1. The molecular formula is C17H17F4N3O3. The molecule has 0 bridgehead atoms. The van der Waals surface area contributed by atoms with E-state index in [1.54, 1.807) is 13.8 Å². The fourth-order valence-electron chi connectivity index (χ4n) is 2.19. The highest BCUT2D eigenvalue weighted by molar-refractivity contribution is 5.93. The normalized spacial score (nSPS) is 10.9. The molecule has 0 saturated carbocycles. The number of anilines is 3. The quantitative estimate of drug-likeness (QED) is 0.545. The minimum Gasteiger partial charge on any atom is -0.465 e. The van der Waals surface area contributed by atoms with Gasteiger partial charge in [-0.1, -0.05) is 0 Å². The number of nitrogens with one attached hydrogen (secondary N) is 2. The fourth-order valence-corrected chi connectivity index (χ4v) is 2.19. The lowest BCUT2D eigenvalue weighted by Crippen LogP contribution is -2.14. The number of halogens is 4. The molecule has 27 heavy (non-hydrogen) atoms. The van der Waals surface area contributed by atoms with E-state index in [1.807, 2.05) is 0 Å². The maximum Gasteiger partial charge on any atom is 0.388 e. The second-order valence-corrected chi connectivity index (χ2v) is 5.67. The van der Waals surface area contributed by atoms with Crippen LogP contribution in [0, 0.1) is 11.6 Å². The summed E-state index contributed by atoms with van der Waals surface area (Å²) in [5, 5.41) is 5.57. The Balaban J connectivity index is 2.45. The van der Waals surface area contributed by atoms with Crippen LogP contribution in [0.2, 0.25) is 0 Å². The van der Waals surface area contributed by atoms with Crippen LogP contribution in [0.5, 0.6) is 5.88 Å². The minimum atomic E-state index is -3.13. The van der Waals surface area contributed by atoms with Crippen molar-refractivity contribution in [2.75, 3.05) is 17.7 Å². The first-order valence-electron chi connectivity index (χ1n) is 7.77. The highest BCUT2D eigenvalue weighted by atomic mass is 19.3. The first-order valence-corrected chi connectivity index (χ1v) is 7.77. The van der Waals surface area contributed by atoms with Gasteiger partial charge in [-0.05, 0) is 19.9 Å². The van der Waals surface area contributed by atoms with Crippen LogP contribution >= 0.6 is 0 Å². The van der Waals surface area contributed by atoms with Crippen molar-refractivity contribution in [3.8, 4) is 5.88 Å². The molecular weight excluding hydrogens is 370 g/mol.